The Morgan fingerprint density at radius 1 is 1.35 bits per heavy atom. The molecule has 2 heterocycles. The van der Waals surface area contributed by atoms with E-state index in [4.69, 9.17) is 4.74 Å². The minimum absolute atomic E-state index is 0.185. The van der Waals surface area contributed by atoms with Crippen LogP contribution in [0.2, 0.25) is 0 Å². The molecule has 1 atom stereocenters. The van der Waals surface area contributed by atoms with E-state index in [-0.39, 0.29) is 6.04 Å². The van der Waals surface area contributed by atoms with Crippen LogP contribution < -0.4 is 9.64 Å². The van der Waals surface area contributed by atoms with Crippen molar-refractivity contribution in [2.24, 2.45) is 5.92 Å². The Hall–Kier alpha value is -1.18. The van der Waals surface area contributed by atoms with Gasteiger partial charge < -0.3 is 9.64 Å². The van der Waals surface area contributed by atoms with E-state index in [1.165, 1.54) is 0 Å². The van der Waals surface area contributed by atoms with Crippen LogP contribution in [-0.4, -0.2) is 56.5 Å². The summed E-state index contributed by atoms with van der Waals surface area (Å²) >= 11 is 1.90. The van der Waals surface area contributed by atoms with Gasteiger partial charge in [-0.3, -0.25) is 0 Å². The molecule has 1 fully saturated rings. The molecule has 1 saturated heterocycles. The highest BCUT2D eigenvalue weighted by molar-refractivity contribution is 7.99. The van der Waals surface area contributed by atoms with Crippen LogP contribution in [0.4, 0.5) is 5.69 Å². The van der Waals surface area contributed by atoms with Gasteiger partial charge in [-0.2, -0.15) is 16.1 Å². The molecular formula is C19H28N2O3S2. The quantitative estimate of drug-likeness (QED) is 0.715. The van der Waals surface area contributed by atoms with Gasteiger partial charge in [0.05, 0.1) is 11.7 Å². The van der Waals surface area contributed by atoms with Crippen LogP contribution in [0.25, 0.3) is 0 Å². The second-order valence-electron chi connectivity index (χ2n) is 7.16. The maximum atomic E-state index is 13.6. The van der Waals surface area contributed by atoms with E-state index < -0.39 is 10.0 Å². The number of benzene rings is 1. The second kappa shape index (κ2) is 8.23. The highest BCUT2D eigenvalue weighted by Crippen LogP contribution is 2.40. The molecule has 0 aliphatic carbocycles. The zero-order valence-corrected chi connectivity index (χ0v) is 17.2. The van der Waals surface area contributed by atoms with Gasteiger partial charge in [0, 0.05) is 31.1 Å². The van der Waals surface area contributed by atoms with Crippen molar-refractivity contribution in [3.63, 3.8) is 0 Å². The van der Waals surface area contributed by atoms with Gasteiger partial charge >= 0.3 is 0 Å². The smallest absolute Gasteiger partial charge is 0.249 e. The molecule has 0 bridgehead atoms. The summed E-state index contributed by atoms with van der Waals surface area (Å²) in [7, 11) is -3.67. The third-order valence-corrected chi connectivity index (χ3v) is 7.70. The van der Waals surface area contributed by atoms with Crippen LogP contribution in [0, 0.1) is 5.92 Å². The molecule has 0 unspecified atom stereocenters. The summed E-state index contributed by atoms with van der Waals surface area (Å²) in [6, 6.07) is 5.39. The lowest BCUT2D eigenvalue weighted by Crippen LogP contribution is -2.43. The van der Waals surface area contributed by atoms with Gasteiger partial charge in [-0.05, 0) is 24.5 Å². The summed E-state index contributed by atoms with van der Waals surface area (Å²) in [6.45, 7) is 10.4. The summed E-state index contributed by atoms with van der Waals surface area (Å²) < 4.78 is 34.9. The van der Waals surface area contributed by atoms with E-state index in [0.29, 0.717) is 29.7 Å². The molecule has 0 aromatic heterocycles. The van der Waals surface area contributed by atoms with E-state index in [9.17, 15) is 8.42 Å². The summed E-state index contributed by atoms with van der Waals surface area (Å²) in [5.41, 5.74) is 0.766. The van der Waals surface area contributed by atoms with Gasteiger partial charge in [0.15, 0.2) is 0 Å². The number of fused-ring (bicyclic) bond motifs is 1. The molecule has 2 aliphatic rings. The molecule has 0 N–H and O–H groups in total. The second-order valence-corrected chi connectivity index (χ2v) is 10.2. The normalized spacial score (nSPS) is 23.2. The molecule has 144 valence electrons. The lowest BCUT2D eigenvalue weighted by molar-refractivity contribution is 0.198. The third kappa shape index (κ3) is 3.89. The largest absolute Gasteiger partial charge is 0.490 e. The van der Waals surface area contributed by atoms with Crippen molar-refractivity contribution < 1.29 is 13.2 Å². The van der Waals surface area contributed by atoms with Crippen molar-refractivity contribution in [3.05, 3.63) is 30.9 Å². The summed E-state index contributed by atoms with van der Waals surface area (Å²) in [5, 5.41) is 0. The lowest BCUT2D eigenvalue weighted by Gasteiger charge is -2.32. The van der Waals surface area contributed by atoms with Crippen molar-refractivity contribution in [1.82, 2.24) is 4.31 Å². The molecule has 5 nitrogen and oxygen atoms in total. The minimum atomic E-state index is -3.67. The van der Waals surface area contributed by atoms with Crippen LogP contribution in [0.1, 0.15) is 20.3 Å². The van der Waals surface area contributed by atoms with Crippen molar-refractivity contribution in [1.29, 1.82) is 0 Å². The standard InChI is InChI=1S/C19H28N2O3S2/c1-4-8-21-16(13-15(2)3)14-24-18-7-5-6-17(19(18)26(21,22)23)20-9-11-25-12-10-20/h4-7,15-16H,1,8-14H2,2-3H3/t16-/m0/s1. The van der Waals surface area contributed by atoms with E-state index in [1.807, 2.05) is 23.9 Å². The molecule has 0 saturated carbocycles. The van der Waals surface area contributed by atoms with Crippen LogP contribution >= 0.6 is 11.8 Å². The predicted molar refractivity (Wildman–Crippen MR) is 109 cm³/mol. The zero-order chi connectivity index (χ0) is 18.7. The monoisotopic (exact) mass is 396 g/mol. The fourth-order valence-electron chi connectivity index (χ4n) is 3.62. The third-order valence-electron chi connectivity index (χ3n) is 4.77. The fraction of sp³-hybridized carbons (Fsp3) is 0.579. The number of anilines is 1. The van der Waals surface area contributed by atoms with Gasteiger partial charge in [0.1, 0.15) is 17.3 Å². The number of hydrogen-bond donors (Lipinski definition) is 0. The van der Waals surface area contributed by atoms with Gasteiger partial charge in [-0.1, -0.05) is 26.0 Å². The molecule has 1 aromatic rings. The lowest BCUT2D eigenvalue weighted by atomic mass is 10.0. The average molecular weight is 397 g/mol. The SMILES string of the molecule is C=CCN1[C@@H](CC(C)C)COc2cccc(N3CCSCC3)c2S1(=O)=O. The molecular weight excluding hydrogens is 368 g/mol. The Kier molecular flexibility index (Phi) is 6.20. The first kappa shape index (κ1) is 19.6. The fourth-order valence-corrected chi connectivity index (χ4v) is 6.44. The Morgan fingerprint density at radius 3 is 2.73 bits per heavy atom. The molecule has 0 radical (unpaired) electrons. The first-order valence-electron chi connectivity index (χ1n) is 9.16. The van der Waals surface area contributed by atoms with Crippen molar-refractivity contribution in [2.75, 3.05) is 42.6 Å². The Morgan fingerprint density at radius 2 is 2.08 bits per heavy atom. The van der Waals surface area contributed by atoms with Crippen LogP contribution in [-0.2, 0) is 10.0 Å². The van der Waals surface area contributed by atoms with E-state index >= 15 is 0 Å². The van der Waals surface area contributed by atoms with Gasteiger partial charge in [-0.25, -0.2) is 8.42 Å². The van der Waals surface area contributed by atoms with Crippen molar-refractivity contribution in [3.8, 4) is 5.75 Å². The highest BCUT2D eigenvalue weighted by atomic mass is 32.2. The Labute approximate surface area is 161 Å². The number of ether oxygens (including phenoxy) is 1. The topological polar surface area (TPSA) is 49.9 Å². The van der Waals surface area contributed by atoms with Crippen molar-refractivity contribution in [2.45, 2.75) is 31.2 Å². The summed E-state index contributed by atoms with van der Waals surface area (Å²) in [4.78, 5) is 2.49. The van der Waals surface area contributed by atoms with E-state index in [0.717, 1.165) is 36.7 Å². The zero-order valence-electron chi connectivity index (χ0n) is 15.6. The minimum Gasteiger partial charge on any atom is -0.490 e. The first-order chi connectivity index (χ1) is 12.4. The molecule has 1 aromatic carbocycles. The number of thioether (sulfide) groups is 1. The number of sulfonamides is 1. The van der Waals surface area contributed by atoms with E-state index in [2.05, 4.69) is 25.3 Å². The Bertz CT molecular complexity index is 743. The van der Waals surface area contributed by atoms with Crippen LogP contribution in [0.3, 0.4) is 0 Å². The Balaban J connectivity index is 2.08. The highest BCUT2D eigenvalue weighted by Gasteiger charge is 2.39. The molecule has 0 amide bonds. The van der Waals surface area contributed by atoms with Crippen molar-refractivity contribution >= 4 is 27.5 Å². The maximum Gasteiger partial charge on any atom is 0.249 e. The number of rotatable bonds is 5. The summed E-state index contributed by atoms with van der Waals surface area (Å²) in [6.07, 6.45) is 2.42. The van der Waals surface area contributed by atoms with Gasteiger partial charge in [0.25, 0.3) is 0 Å². The molecule has 2 aliphatic heterocycles. The van der Waals surface area contributed by atoms with Gasteiger partial charge in [0.2, 0.25) is 10.0 Å². The van der Waals surface area contributed by atoms with E-state index in [1.54, 1.807) is 16.4 Å². The molecule has 3 rings (SSSR count). The molecule has 0 spiro atoms. The maximum absolute atomic E-state index is 13.6. The van der Waals surface area contributed by atoms with Crippen LogP contribution in [0.5, 0.6) is 5.75 Å². The summed E-state index contributed by atoms with van der Waals surface area (Å²) in [5.74, 6) is 2.88. The molecule has 26 heavy (non-hydrogen) atoms. The average Bonchev–Trinajstić information content (AvgIpc) is 2.72. The first-order valence-corrected chi connectivity index (χ1v) is 11.8. The number of nitrogens with zero attached hydrogens (tertiary/aromatic N) is 2. The van der Waals surface area contributed by atoms with Crippen LogP contribution in [0.15, 0.2) is 35.7 Å². The van der Waals surface area contributed by atoms with Gasteiger partial charge in [-0.15, -0.1) is 6.58 Å². The number of hydrogen-bond acceptors (Lipinski definition) is 5. The predicted octanol–water partition coefficient (Wildman–Crippen LogP) is 3.22. The molecule has 7 heteroatoms.